The number of hydrogen-bond donors (Lipinski definition) is 0. The average Bonchev–Trinajstić information content (AvgIpc) is 2.68. The highest BCUT2D eigenvalue weighted by molar-refractivity contribution is 6.05. The van der Waals surface area contributed by atoms with E-state index >= 15 is 0 Å². The molecule has 2 aromatic rings. The summed E-state index contributed by atoms with van der Waals surface area (Å²) in [6.45, 7) is 9.11. The first-order chi connectivity index (χ1) is 12.6. The Balaban J connectivity index is 1.96. The summed E-state index contributed by atoms with van der Waals surface area (Å²) in [7, 11) is 0. The second kappa shape index (κ2) is 9.02. The molecule has 2 aromatic carbocycles. The normalized spacial score (nSPS) is 16.8. The summed E-state index contributed by atoms with van der Waals surface area (Å²) in [5.74, 6) is 0.589. The van der Waals surface area contributed by atoms with Crippen molar-refractivity contribution in [1.82, 2.24) is 0 Å². The maximum absolute atomic E-state index is 5.20. The van der Waals surface area contributed by atoms with Crippen LogP contribution in [0.3, 0.4) is 0 Å². The van der Waals surface area contributed by atoms with Crippen LogP contribution in [-0.2, 0) is 0 Å². The van der Waals surface area contributed by atoms with Crippen molar-refractivity contribution in [1.29, 1.82) is 0 Å². The number of piperidine rings is 1. The van der Waals surface area contributed by atoms with Gasteiger partial charge in [-0.05, 0) is 50.2 Å². The highest BCUT2D eigenvalue weighted by atomic mass is 15.1. The zero-order valence-electron chi connectivity index (χ0n) is 16.5. The smallest absolute Gasteiger partial charge is 0.0724 e. The maximum atomic E-state index is 5.20. The van der Waals surface area contributed by atoms with E-state index in [1.807, 2.05) is 0 Å². The topological polar surface area (TPSA) is 15.6 Å². The van der Waals surface area contributed by atoms with E-state index in [4.69, 9.17) is 4.99 Å². The molecule has 1 aliphatic rings. The third kappa shape index (κ3) is 4.75. The molecule has 2 nitrogen and oxygen atoms in total. The minimum atomic E-state index is 0.180. The first kappa shape index (κ1) is 18.7. The van der Waals surface area contributed by atoms with Crippen LogP contribution in [0.25, 0.3) is 0 Å². The molecule has 0 spiro atoms. The van der Waals surface area contributed by atoms with Crippen LogP contribution >= 0.6 is 0 Å². The van der Waals surface area contributed by atoms with Crippen molar-refractivity contribution in [2.24, 2.45) is 10.9 Å². The molecule has 1 aliphatic heterocycles. The lowest BCUT2D eigenvalue weighted by Crippen LogP contribution is -2.31. The number of nitrogens with zero attached hydrogens (tertiary/aromatic N) is 2. The molecule has 0 amide bonds. The molecule has 0 unspecified atom stereocenters. The van der Waals surface area contributed by atoms with Gasteiger partial charge in [-0.2, -0.15) is 0 Å². The van der Waals surface area contributed by atoms with Gasteiger partial charge in [-0.15, -0.1) is 0 Å². The van der Waals surface area contributed by atoms with E-state index in [0.29, 0.717) is 5.92 Å². The van der Waals surface area contributed by atoms with E-state index in [2.05, 4.69) is 80.3 Å². The van der Waals surface area contributed by atoms with Gasteiger partial charge in [0.05, 0.1) is 6.04 Å². The highest BCUT2D eigenvalue weighted by Gasteiger charge is 2.18. The third-order valence-electron chi connectivity index (χ3n) is 5.14. The van der Waals surface area contributed by atoms with Crippen LogP contribution in [0.2, 0.25) is 0 Å². The monoisotopic (exact) mass is 348 g/mol. The van der Waals surface area contributed by atoms with Crippen molar-refractivity contribution in [3.05, 3.63) is 65.7 Å². The molecule has 1 atom stereocenters. The molecule has 0 aliphatic carbocycles. The molecule has 2 heteroatoms. The van der Waals surface area contributed by atoms with Gasteiger partial charge in [-0.1, -0.05) is 62.4 Å². The minimum absolute atomic E-state index is 0.180. The van der Waals surface area contributed by atoms with Crippen LogP contribution in [0.15, 0.2) is 59.6 Å². The van der Waals surface area contributed by atoms with Gasteiger partial charge in [0.25, 0.3) is 0 Å². The number of anilines is 1. The van der Waals surface area contributed by atoms with Gasteiger partial charge < -0.3 is 4.90 Å². The second-order valence-corrected chi connectivity index (χ2v) is 7.83. The molecule has 1 saturated heterocycles. The number of para-hydroxylation sites is 1. The van der Waals surface area contributed by atoms with Crippen molar-refractivity contribution >= 4 is 11.4 Å². The molecular formula is C24H32N2. The largest absolute Gasteiger partial charge is 0.371 e. The number of aliphatic imine (C=N–C) groups is 1. The van der Waals surface area contributed by atoms with Crippen LogP contribution < -0.4 is 4.90 Å². The fraction of sp³-hybridized carbons (Fsp3) is 0.458. The van der Waals surface area contributed by atoms with E-state index in [0.717, 1.165) is 6.42 Å². The minimum Gasteiger partial charge on any atom is -0.371 e. The van der Waals surface area contributed by atoms with Crippen molar-refractivity contribution in [3.8, 4) is 0 Å². The summed E-state index contributed by atoms with van der Waals surface area (Å²) in [6, 6.07) is 19.7. The Morgan fingerprint density at radius 2 is 1.54 bits per heavy atom. The molecule has 0 bridgehead atoms. The SMILES string of the molecule is CC(C)CC(=N[C@H](C)c1ccccc1)c1ccccc1N1CCCCC1. The van der Waals surface area contributed by atoms with E-state index in [1.165, 1.54) is 54.9 Å². The fourth-order valence-electron chi connectivity index (χ4n) is 3.79. The first-order valence-electron chi connectivity index (χ1n) is 10.1. The van der Waals surface area contributed by atoms with E-state index in [-0.39, 0.29) is 6.04 Å². The third-order valence-corrected chi connectivity index (χ3v) is 5.14. The summed E-state index contributed by atoms with van der Waals surface area (Å²) in [5, 5.41) is 0. The molecule has 1 fully saturated rings. The Morgan fingerprint density at radius 3 is 2.23 bits per heavy atom. The summed E-state index contributed by atoms with van der Waals surface area (Å²) in [5.41, 5.74) is 5.22. The molecule has 138 valence electrons. The van der Waals surface area contributed by atoms with Crippen LogP contribution in [0.1, 0.15) is 63.6 Å². The molecule has 0 saturated carbocycles. The zero-order chi connectivity index (χ0) is 18.4. The van der Waals surface area contributed by atoms with Gasteiger partial charge in [-0.25, -0.2) is 0 Å². The van der Waals surface area contributed by atoms with Gasteiger partial charge in [-0.3, -0.25) is 4.99 Å². The van der Waals surface area contributed by atoms with Crippen LogP contribution in [0.5, 0.6) is 0 Å². The standard InChI is InChI=1S/C24H32N2/c1-19(2)18-23(25-20(3)21-12-6-4-7-13-21)22-14-8-9-15-24(22)26-16-10-5-11-17-26/h4,6-9,12-15,19-20H,5,10-11,16-18H2,1-3H3/t20-/m1/s1. The second-order valence-electron chi connectivity index (χ2n) is 7.83. The molecule has 0 radical (unpaired) electrons. The van der Waals surface area contributed by atoms with Crippen LogP contribution in [0.4, 0.5) is 5.69 Å². The van der Waals surface area contributed by atoms with Crippen molar-refractivity contribution < 1.29 is 0 Å². The summed E-state index contributed by atoms with van der Waals surface area (Å²) < 4.78 is 0. The zero-order valence-corrected chi connectivity index (χ0v) is 16.5. The van der Waals surface area contributed by atoms with Crippen molar-refractivity contribution in [3.63, 3.8) is 0 Å². The number of hydrogen-bond acceptors (Lipinski definition) is 2. The molecule has 0 aromatic heterocycles. The van der Waals surface area contributed by atoms with Gasteiger partial charge in [0.15, 0.2) is 0 Å². The predicted molar refractivity (Wildman–Crippen MR) is 113 cm³/mol. The summed E-state index contributed by atoms with van der Waals surface area (Å²) in [6.07, 6.45) is 4.97. The van der Waals surface area contributed by atoms with Crippen molar-refractivity contribution in [2.75, 3.05) is 18.0 Å². The van der Waals surface area contributed by atoms with Gasteiger partial charge in [0.1, 0.15) is 0 Å². The average molecular weight is 349 g/mol. The van der Waals surface area contributed by atoms with Gasteiger partial charge in [0.2, 0.25) is 0 Å². The van der Waals surface area contributed by atoms with Gasteiger partial charge in [0, 0.05) is 30.1 Å². The maximum Gasteiger partial charge on any atom is 0.0724 e. The van der Waals surface area contributed by atoms with Crippen molar-refractivity contribution in [2.45, 2.75) is 52.5 Å². The Kier molecular flexibility index (Phi) is 6.49. The molecule has 26 heavy (non-hydrogen) atoms. The molecule has 0 N–H and O–H groups in total. The highest BCUT2D eigenvalue weighted by Crippen LogP contribution is 2.28. The lowest BCUT2D eigenvalue weighted by atomic mass is 9.96. The lowest BCUT2D eigenvalue weighted by Gasteiger charge is -2.31. The fourth-order valence-corrected chi connectivity index (χ4v) is 3.79. The lowest BCUT2D eigenvalue weighted by molar-refractivity contribution is 0.577. The molecule has 1 heterocycles. The summed E-state index contributed by atoms with van der Waals surface area (Å²) >= 11 is 0. The Hall–Kier alpha value is -2.09. The van der Waals surface area contributed by atoms with E-state index < -0.39 is 0 Å². The van der Waals surface area contributed by atoms with E-state index in [9.17, 15) is 0 Å². The Morgan fingerprint density at radius 1 is 0.885 bits per heavy atom. The van der Waals surface area contributed by atoms with E-state index in [1.54, 1.807) is 0 Å². The number of benzene rings is 2. The predicted octanol–water partition coefficient (Wildman–Crippen LogP) is 6.27. The first-order valence-corrected chi connectivity index (χ1v) is 10.1. The summed E-state index contributed by atoms with van der Waals surface area (Å²) in [4.78, 5) is 7.76. The molecular weight excluding hydrogens is 316 g/mol. The molecule has 3 rings (SSSR count). The number of rotatable bonds is 6. The Labute approximate surface area is 159 Å². The van der Waals surface area contributed by atoms with Crippen LogP contribution in [-0.4, -0.2) is 18.8 Å². The van der Waals surface area contributed by atoms with Crippen LogP contribution in [0, 0.1) is 5.92 Å². The Bertz CT molecular complexity index is 712. The van der Waals surface area contributed by atoms with Gasteiger partial charge >= 0.3 is 0 Å². The quantitative estimate of drug-likeness (QED) is 0.561.